The zero-order valence-corrected chi connectivity index (χ0v) is 15.9. The van der Waals surface area contributed by atoms with E-state index in [-0.39, 0.29) is 23.9 Å². The van der Waals surface area contributed by atoms with Crippen LogP contribution in [0.3, 0.4) is 0 Å². The van der Waals surface area contributed by atoms with Crippen molar-refractivity contribution in [3.63, 3.8) is 0 Å². The maximum Gasteiger partial charge on any atom is 0.246 e. The lowest BCUT2D eigenvalue weighted by Gasteiger charge is -2.33. The zero-order valence-electron chi connectivity index (χ0n) is 15.1. The van der Waals surface area contributed by atoms with Crippen LogP contribution >= 0.6 is 0 Å². The smallest absolute Gasteiger partial charge is 0.246 e. The van der Waals surface area contributed by atoms with Crippen molar-refractivity contribution in [3.8, 4) is 5.75 Å². The lowest BCUT2D eigenvalue weighted by Crippen LogP contribution is -2.50. The van der Waals surface area contributed by atoms with E-state index < -0.39 is 10.0 Å². The molecule has 27 heavy (non-hydrogen) atoms. The van der Waals surface area contributed by atoms with Gasteiger partial charge in [0.25, 0.3) is 0 Å². The maximum absolute atomic E-state index is 12.6. The van der Waals surface area contributed by atoms with E-state index in [1.54, 1.807) is 48.4 Å². The molecule has 1 heterocycles. The predicted octanol–water partition coefficient (Wildman–Crippen LogP) is 2.24. The highest BCUT2D eigenvalue weighted by molar-refractivity contribution is 7.89. The van der Waals surface area contributed by atoms with Crippen LogP contribution in [0.15, 0.2) is 65.6 Å². The van der Waals surface area contributed by atoms with Crippen LogP contribution in [0, 0.1) is 0 Å². The Labute approximate surface area is 159 Å². The number of methoxy groups -OCH3 is 1. The fourth-order valence-electron chi connectivity index (χ4n) is 2.96. The fourth-order valence-corrected chi connectivity index (χ4v) is 4.40. The molecule has 0 bridgehead atoms. The number of rotatable bonds is 5. The van der Waals surface area contributed by atoms with Gasteiger partial charge in [0.2, 0.25) is 15.9 Å². The summed E-state index contributed by atoms with van der Waals surface area (Å²) in [5, 5.41) is 0. The Balaban J connectivity index is 1.62. The van der Waals surface area contributed by atoms with Crippen LogP contribution in [-0.2, 0) is 14.8 Å². The number of piperazine rings is 1. The van der Waals surface area contributed by atoms with Gasteiger partial charge in [0, 0.05) is 37.8 Å². The summed E-state index contributed by atoms with van der Waals surface area (Å²) >= 11 is 0. The van der Waals surface area contributed by atoms with Crippen LogP contribution < -0.4 is 4.74 Å². The summed E-state index contributed by atoms with van der Waals surface area (Å²) in [7, 11) is -1.93. The molecular formula is C20H22N2O4S. The van der Waals surface area contributed by atoms with Crippen LogP contribution in [0.1, 0.15) is 5.56 Å². The van der Waals surface area contributed by atoms with Gasteiger partial charge in [0.05, 0.1) is 12.0 Å². The minimum Gasteiger partial charge on any atom is -0.496 e. The molecule has 142 valence electrons. The third-order valence-electron chi connectivity index (χ3n) is 4.48. The second-order valence-electron chi connectivity index (χ2n) is 6.12. The predicted molar refractivity (Wildman–Crippen MR) is 104 cm³/mol. The first-order valence-corrected chi connectivity index (χ1v) is 10.1. The number of amides is 1. The van der Waals surface area contributed by atoms with Gasteiger partial charge >= 0.3 is 0 Å². The summed E-state index contributed by atoms with van der Waals surface area (Å²) in [4.78, 5) is 14.4. The lowest BCUT2D eigenvalue weighted by molar-refractivity contribution is -0.127. The van der Waals surface area contributed by atoms with E-state index in [1.165, 1.54) is 10.4 Å². The number of hydrogen-bond donors (Lipinski definition) is 0. The van der Waals surface area contributed by atoms with Gasteiger partial charge in [-0.2, -0.15) is 4.31 Å². The zero-order chi connectivity index (χ0) is 19.3. The van der Waals surface area contributed by atoms with Crippen LogP contribution in [0.5, 0.6) is 5.75 Å². The summed E-state index contributed by atoms with van der Waals surface area (Å²) in [6.45, 7) is 1.29. The minimum atomic E-state index is -3.51. The Morgan fingerprint density at radius 3 is 2.26 bits per heavy atom. The second-order valence-corrected chi connectivity index (χ2v) is 8.06. The van der Waals surface area contributed by atoms with Gasteiger partial charge in [-0.1, -0.05) is 36.4 Å². The van der Waals surface area contributed by atoms with Crippen molar-refractivity contribution < 1.29 is 17.9 Å². The molecule has 1 aliphatic rings. The third kappa shape index (κ3) is 4.37. The summed E-state index contributed by atoms with van der Waals surface area (Å²) in [5.41, 5.74) is 0.818. The van der Waals surface area contributed by atoms with Gasteiger partial charge in [-0.25, -0.2) is 8.42 Å². The summed E-state index contributed by atoms with van der Waals surface area (Å²) < 4.78 is 32.0. The first-order valence-electron chi connectivity index (χ1n) is 8.67. The van der Waals surface area contributed by atoms with E-state index >= 15 is 0 Å². The highest BCUT2D eigenvalue weighted by Gasteiger charge is 2.29. The molecule has 2 aromatic rings. The number of hydrogen-bond acceptors (Lipinski definition) is 4. The number of nitrogens with zero attached hydrogens (tertiary/aromatic N) is 2. The molecular weight excluding hydrogens is 364 g/mol. The van der Waals surface area contributed by atoms with Crippen LogP contribution in [-0.4, -0.2) is 56.8 Å². The van der Waals surface area contributed by atoms with Crippen LogP contribution in [0.4, 0.5) is 0 Å². The maximum atomic E-state index is 12.6. The topological polar surface area (TPSA) is 66.9 Å². The molecule has 2 aromatic carbocycles. The standard InChI is InChI=1S/C20H22N2O4S/c1-26-19-10-6-5-7-17(19)11-12-20(23)21-13-15-22(16-14-21)27(24,25)18-8-3-2-4-9-18/h2-12H,13-16H2,1H3. The Hall–Kier alpha value is -2.64. The molecule has 0 spiro atoms. The molecule has 1 saturated heterocycles. The van der Waals surface area contributed by atoms with E-state index in [0.717, 1.165) is 5.56 Å². The molecule has 7 heteroatoms. The van der Waals surface area contributed by atoms with Gasteiger partial charge in [-0.15, -0.1) is 0 Å². The minimum absolute atomic E-state index is 0.141. The van der Waals surface area contributed by atoms with Crippen molar-refractivity contribution in [1.82, 2.24) is 9.21 Å². The Morgan fingerprint density at radius 2 is 1.59 bits per heavy atom. The Kier molecular flexibility index (Phi) is 5.93. The van der Waals surface area contributed by atoms with E-state index in [2.05, 4.69) is 0 Å². The molecule has 0 aromatic heterocycles. The molecule has 0 aliphatic carbocycles. The Bertz CT molecular complexity index is 918. The molecule has 0 radical (unpaired) electrons. The largest absolute Gasteiger partial charge is 0.496 e. The van der Waals surface area contributed by atoms with Gasteiger partial charge < -0.3 is 9.64 Å². The van der Waals surface area contributed by atoms with Crippen molar-refractivity contribution in [1.29, 1.82) is 0 Å². The number of carbonyl (C=O) groups is 1. The number of sulfonamides is 1. The van der Waals surface area contributed by atoms with Gasteiger partial charge in [0.1, 0.15) is 5.75 Å². The molecule has 0 saturated carbocycles. The first kappa shape index (κ1) is 19.1. The quantitative estimate of drug-likeness (QED) is 0.739. The molecule has 0 atom stereocenters. The average molecular weight is 386 g/mol. The summed E-state index contributed by atoms with van der Waals surface area (Å²) in [6.07, 6.45) is 3.22. The molecule has 0 N–H and O–H groups in total. The highest BCUT2D eigenvalue weighted by Crippen LogP contribution is 2.20. The second kappa shape index (κ2) is 8.37. The van der Waals surface area contributed by atoms with Crippen LogP contribution in [0.2, 0.25) is 0 Å². The molecule has 6 nitrogen and oxygen atoms in total. The van der Waals surface area contributed by atoms with E-state index in [4.69, 9.17) is 4.74 Å². The van der Waals surface area contributed by atoms with Crippen molar-refractivity contribution in [2.45, 2.75) is 4.90 Å². The number of para-hydroxylation sites is 1. The summed E-state index contributed by atoms with van der Waals surface area (Å²) in [6, 6.07) is 15.8. The van der Waals surface area contributed by atoms with Crippen molar-refractivity contribution in [3.05, 3.63) is 66.2 Å². The summed E-state index contributed by atoms with van der Waals surface area (Å²) in [5.74, 6) is 0.554. The average Bonchev–Trinajstić information content (AvgIpc) is 2.73. The SMILES string of the molecule is COc1ccccc1C=CC(=O)N1CCN(S(=O)(=O)c2ccccc2)CC1. The van der Waals surface area contributed by atoms with Crippen molar-refractivity contribution >= 4 is 22.0 Å². The van der Waals surface area contributed by atoms with Crippen molar-refractivity contribution in [2.75, 3.05) is 33.3 Å². The lowest BCUT2D eigenvalue weighted by atomic mass is 10.2. The number of ether oxygens (including phenoxy) is 1. The van der Waals surface area contributed by atoms with Gasteiger partial charge in [0.15, 0.2) is 0 Å². The van der Waals surface area contributed by atoms with Crippen LogP contribution in [0.25, 0.3) is 6.08 Å². The Morgan fingerprint density at radius 1 is 0.963 bits per heavy atom. The first-order chi connectivity index (χ1) is 13.0. The van der Waals surface area contributed by atoms with Crippen molar-refractivity contribution in [2.24, 2.45) is 0 Å². The molecule has 1 fully saturated rings. The van der Waals surface area contributed by atoms with E-state index in [0.29, 0.717) is 18.8 Å². The fraction of sp³-hybridized carbons (Fsp3) is 0.250. The molecule has 1 amide bonds. The third-order valence-corrected chi connectivity index (χ3v) is 6.39. The normalized spacial score (nSPS) is 15.8. The van der Waals surface area contributed by atoms with E-state index in [9.17, 15) is 13.2 Å². The monoisotopic (exact) mass is 386 g/mol. The molecule has 3 rings (SSSR count). The molecule has 1 aliphatic heterocycles. The van der Waals surface area contributed by atoms with Gasteiger partial charge in [-0.05, 0) is 24.3 Å². The van der Waals surface area contributed by atoms with E-state index in [1.807, 2.05) is 24.3 Å². The number of carbonyl (C=O) groups excluding carboxylic acids is 1. The number of benzene rings is 2. The molecule has 0 unspecified atom stereocenters. The highest BCUT2D eigenvalue weighted by atomic mass is 32.2. The van der Waals surface area contributed by atoms with Gasteiger partial charge in [-0.3, -0.25) is 4.79 Å².